The van der Waals surface area contributed by atoms with Gasteiger partial charge in [0.15, 0.2) is 11.8 Å². The van der Waals surface area contributed by atoms with Crippen LogP contribution in [0.15, 0.2) is 4.99 Å². The summed E-state index contributed by atoms with van der Waals surface area (Å²) in [5, 5.41) is 15.7. The van der Waals surface area contributed by atoms with Crippen LogP contribution >= 0.6 is 11.8 Å². The number of aromatic nitrogens is 3. The van der Waals surface area contributed by atoms with E-state index >= 15 is 0 Å². The summed E-state index contributed by atoms with van der Waals surface area (Å²) in [6, 6.07) is 0. The number of rotatable bonds is 9. The molecule has 2 fully saturated rings. The summed E-state index contributed by atoms with van der Waals surface area (Å²) in [5.74, 6) is 3.91. The first-order valence-corrected chi connectivity index (χ1v) is 13.1. The van der Waals surface area contributed by atoms with Gasteiger partial charge < -0.3 is 15.2 Å². The molecule has 0 amide bonds. The average molecular weight is 436 g/mol. The van der Waals surface area contributed by atoms with E-state index in [4.69, 9.17) is 4.99 Å². The Balaban J connectivity index is 1.66. The zero-order chi connectivity index (χ0) is 21.2. The Bertz CT molecular complexity index is 660. The minimum Gasteiger partial charge on any atom is -0.356 e. The number of thioether (sulfide) groups is 1. The molecule has 1 aromatic heterocycles. The largest absolute Gasteiger partial charge is 0.356 e. The van der Waals surface area contributed by atoms with Gasteiger partial charge in [0.05, 0.1) is 0 Å². The van der Waals surface area contributed by atoms with Crippen LogP contribution in [0.4, 0.5) is 0 Å². The molecule has 2 heterocycles. The highest BCUT2D eigenvalue weighted by atomic mass is 32.2. The second-order valence-electron chi connectivity index (χ2n) is 8.85. The summed E-state index contributed by atoms with van der Waals surface area (Å²) >= 11 is 1.89. The van der Waals surface area contributed by atoms with Crippen LogP contribution in [-0.4, -0.2) is 69.4 Å². The van der Waals surface area contributed by atoms with Gasteiger partial charge in [-0.2, -0.15) is 11.8 Å². The van der Waals surface area contributed by atoms with Crippen molar-refractivity contribution in [3.8, 4) is 0 Å². The highest BCUT2D eigenvalue weighted by Gasteiger charge is 2.38. The smallest absolute Gasteiger partial charge is 0.191 e. The third-order valence-electron chi connectivity index (χ3n) is 6.78. The molecule has 2 N–H and O–H groups in total. The first-order chi connectivity index (χ1) is 14.6. The first kappa shape index (κ1) is 23.4. The molecule has 1 aliphatic carbocycles. The van der Waals surface area contributed by atoms with Crippen molar-refractivity contribution in [2.24, 2.45) is 12.0 Å². The van der Waals surface area contributed by atoms with E-state index in [1.165, 1.54) is 70.2 Å². The second-order valence-corrected chi connectivity index (χ2v) is 9.83. The quantitative estimate of drug-likeness (QED) is 0.353. The lowest BCUT2D eigenvalue weighted by Gasteiger charge is -2.48. The molecule has 1 aromatic rings. The van der Waals surface area contributed by atoms with Gasteiger partial charge in [0.25, 0.3) is 0 Å². The van der Waals surface area contributed by atoms with Gasteiger partial charge in [-0.25, -0.2) is 4.99 Å². The Morgan fingerprint density at radius 2 is 1.80 bits per heavy atom. The molecule has 1 aliphatic heterocycles. The van der Waals surface area contributed by atoms with Gasteiger partial charge >= 0.3 is 0 Å². The highest BCUT2D eigenvalue weighted by Crippen LogP contribution is 2.35. The lowest BCUT2D eigenvalue weighted by molar-refractivity contribution is 0.0368. The minimum absolute atomic E-state index is 0.293. The van der Waals surface area contributed by atoms with E-state index < -0.39 is 0 Å². The fraction of sp³-hybridized carbons (Fsp3) is 0.864. The van der Waals surface area contributed by atoms with E-state index in [0.29, 0.717) is 12.1 Å². The van der Waals surface area contributed by atoms with Crippen LogP contribution in [0.5, 0.6) is 0 Å². The van der Waals surface area contributed by atoms with E-state index in [9.17, 15) is 0 Å². The predicted molar refractivity (Wildman–Crippen MR) is 127 cm³/mol. The molecule has 0 radical (unpaired) electrons. The van der Waals surface area contributed by atoms with Gasteiger partial charge in [-0.05, 0) is 64.1 Å². The average Bonchev–Trinajstić information content (AvgIpc) is 3.11. The Morgan fingerprint density at radius 3 is 2.47 bits per heavy atom. The van der Waals surface area contributed by atoms with Crippen LogP contribution in [0, 0.1) is 6.92 Å². The summed E-state index contributed by atoms with van der Waals surface area (Å²) in [4.78, 5) is 7.66. The molecule has 0 unspecified atom stereocenters. The monoisotopic (exact) mass is 435 g/mol. The molecule has 7 nitrogen and oxygen atoms in total. The van der Waals surface area contributed by atoms with Gasteiger partial charge in [0.2, 0.25) is 0 Å². The number of likely N-dealkylation sites (tertiary alicyclic amines) is 1. The van der Waals surface area contributed by atoms with Gasteiger partial charge in [-0.3, -0.25) is 4.90 Å². The third-order valence-corrected chi connectivity index (χ3v) is 7.47. The van der Waals surface area contributed by atoms with Crippen molar-refractivity contribution in [2.45, 2.75) is 76.8 Å². The van der Waals surface area contributed by atoms with Crippen molar-refractivity contribution < 1.29 is 0 Å². The van der Waals surface area contributed by atoms with E-state index in [1.807, 2.05) is 30.3 Å². The summed E-state index contributed by atoms with van der Waals surface area (Å²) < 4.78 is 2.02. The zero-order valence-electron chi connectivity index (χ0n) is 19.3. The number of nitrogens with one attached hydrogen (secondary N) is 2. The van der Waals surface area contributed by atoms with Crippen molar-refractivity contribution in [1.29, 1.82) is 0 Å². The maximum absolute atomic E-state index is 4.87. The first-order valence-electron chi connectivity index (χ1n) is 11.8. The summed E-state index contributed by atoms with van der Waals surface area (Å²) in [5.41, 5.74) is 0.293. The topological polar surface area (TPSA) is 70.4 Å². The molecule has 1 saturated carbocycles. The lowest BCUT2D eigenvalue weighted by Crippen LogP contribution is -2.59. The Kier molecular flexibility index (Phi) is 9.30. The number of aryl methyl sites for hydroxylation is 1. The molecule has 0 spiro atoms. The molecule has 0 bridgehead atoms. The minimum atomic E-state index is 0.293. The molecule has 3 rings (SSSR count). The highest BCUT2D eigenvalue weighted by molar-refractivity contribution is 7.98. The van der Waals surface area contributed by atoms with E-state index in [2.05, 4.69) is 32.0 Å². The molecule has 30 heavy (non-hydrogen) atoms. The van der Waals surface area contributed by atoms with Crippen molar-refractivity contribution in [1.82, 2.24) is 30.3 Å². The fourth-order valence-electron chi connectivity index (χ4n) is 4.77. The molecule has 2 aliphatic rings. The van der Waals surface area contributed by atoms with Crippen LogP contribution < -0.4 is 10.6 Å². The molecular formula is C22H41N7S. The van der Waals surface area contributed by atoms with Crippen molar-refractivity contribution in [3.63, 3.8) is 0 Å². The number of nitrogens with zero attached hydrogens (tertiary/aromatic N) is 5. The second kappa shape index (κ2) is 11.9. The van der Waals surface area contributed by atoms with Crippen LogP contribution in [0.25, 0.3) is 0 Å². The summed E-state index contributed by atoms with van der Waals surface area (Å²) in [7, 11) is 2.01. The molecule has 0 aromatic carbocycles. The van der Waals surface area contributed by atoms with E-state index in [-0.39, 0.29) is 0 Å². The van der Waals surface area contributed by atoms with Gasteiger partial charge in [0.1, 0.15) is 12.4 Å². The molecule has 0 atom stereocenters. The molecular weight excluding hydrogens is 394 g/mol. The van der Waals surface area contributed by atoms with Crippen molar-refractivity contribution in [3.05, 3.63) is 11.6 Å². The van der Waals surface area contributed by atoms with Crippen LogP contribution in [0.1, 0.15) is 69.4 Å². The Morgan fingerprint density at radius 1 is 1.07 bits per heavy atom. The maximum atomic E-state index is 4.87. The number of guanidine groups is 1. The van der Waals surface area contributed by atoms with Gasteiger partial charge in [0, 0.05) is 25.7 Å². The molecule has 1 saturated heterocycles. The standard InChI is InChI=1S/C22H41N7S/c1-19-26-27-20(28(19)2)17-24-21(23-13-10-16-30-3)25-18-22(11-6-4-7-12-22)29-14-8-5-9-15-29/h4-18H2,1-3H3,(H2,23,24,25). The Hall–Kier alpha value is -1.28. The predicted octanol–water partition coefficient (Wildman–Crippen LogP) is 3.10. The van der Waals surface area contributed by atoms with Crippen molar-refractivity contribution in [2.75, 3.05) is 38.2 Å². The van der Waals surface area contributed by atoms with E-state index in [1.54, 1.807) is 0 Å². The zero-order valence-corrected chi connectivity index (χ0v) is 20.1. The lowest BCUT2D eigenvalue weighted by atomic mass is 9.79. The van der Waals surface area contributed by atoms with E-state index in [0.717, 1.165) is 37.1 Å². The molecule has 8 heteroatoms. The normalized spacial score (nSPS) is 20.3. The van der Waals surface area contributed by atoms with Crippen LogP contribution in [0.2, 0.25) is 0 Å². The third kappa shape index (κ3) is 6.36. The van der Waals surface area contributed by atoms with Gasteiger partial charge in [-0.1, -0.05) is 25.7 Å². The number of hydrogen-bond donors (Lipinski definition) is 2. The molecule has 170 valence electrons. The fourth-order valence-corrected chi connectivity index (χ4v) is 5.20. The summed E-state index contributed by atoms with van der Waals surface area (Å²) in [6.07, 6.45) is 14.1. The number of piperidine rings is 1. The van der Waals surface area contributed by atoms with Crippen LogP contribution in [0.3, 0.4) is 0 Å². The number of aliphatic imine (C=N–C) groups is 1. The SMILES string of the molecule is CSCCCNC(=NCc1nnc(C)n1C)NCC1(N2CCCCC2)CCCCC1. The van der Waals surface area contributed by atoms with Crippen LogP contribution in [-0.2, 0) is 13.6 Å². The Labute approximate surface area is 186 Å². The maximum Gasteiger partial charge on any atom is 0.191 e. The van der Waals surface area contributed by atoms with Gasteiger partial charge in [-0.15, -0.1) is 10.2 Å². The number of hydrogen-bond acceptors (Lipinski definition) is 5. The summed E-state index contributed by atoms with van der Waals surface area (Å²) in [6.45, 7) is 6.97. The van der Waals surface area contributed by atoms with Crippen molar-refractivity contribution >= 4 is 17.7 Å².